The monoisotopic (exact) mass is 382 g/mol. The highest BCUT2D eigenvalue weighted by molar-refractivity contribution is 7.24. The zero-order chi connectivity index (χ0) is 18.8. The van der Waals surface area contributed by atoms with Crippen molar-refractivity contribution in [1.82, 2.24) is 4.90 Å². The normalized spacial score (nSPS) is 18.2. The molecule has 2 heterocycles. The van der Waals surface area contributed by atoms with Crippen molar-refractivity contribution in [3.63, 3.8) is 0 Å². The zero-order valence-electron chi connectivity index (χ0n) is 15.7. The van der Waals surface area contributed by atoms with Crippen LogP contribution in [0.15, 0.2) is 41.2 Å². The molecule has 142 valence electrons. The molecule has 3 aromatic rings. The average molecular weight is 383 g/mol. The molecule has 0 bridgehead atoms. The Hall–Kier alpha value is -1.95. The van der Waals surface area contributed by atoms with Crippen LogP contribution >= 0.6 is 11.3 Å². The van der Waals surface area contributed by atoms with Gasteiger partial charge >= 0.3 is 0 Å². The lowest BCUT2D eigenvalue weighted by Crippen LogP contribution is -2.40. The molecule has 0 aliphatic carbocycles. The van der Waals surface area contributed by atoms with Crippen LogP contribution in [0.3, 0.4) is 0 Å². The molecule has 5 heteroatoms. The Balaban J connectivity index is 1.68. The Kier molecular flexibility index (Phi) is 5.43. The summed E-state index contributed by atoms with van der Waals surface area (Å²) in [6, 6.07) is 12.2. The summed E-state index contributed by atoms with van der Waals surface area (Å²) in [6.45, 7) is 5.20. The molecule has 1 fully saturated rings. The van der Waals surface area contributed by atoms with Gasteiger partial charge in [-0.25, -0.2) is 0 Å². The molecule has 0 saturated carbocycles. The van der Waals surface area contributed by atoms with Crippen LogP contribution in [0.5, 0.6) is 0 Å². The Labute approximate surface area is 163 Å². The fourth-order valence-electron chi connectivity index (χ4n) is 4.05. The van der Waals surface area contributed by atoms with Crippen molar-refractivity contribution in [2.75, 3.05) is 25.0 Å². The van der Waals surface area contributed by atoms with E-state index in [-0.39, 0.29) is 12.0 Å². The minimum absolute atomic E-state index is 0.0449. The molecule has 4 rings (SSSR count). The number of aliphatic hydroxyl groups is 1. The molecular formula is C22H26N2O2S. The average Bonchev–Trinajstić information content (AvgIpc) is 2.69. The van der Waals surface area contributed by atoms with Crippen molar-refractivity contribution in [2.45, 2.75) is 38.8 Å². The molecular weight excluding hydrogens is 356 g/mol. The van der Waals surface area contributed by atoms with E-state index in [0.29, 0.717) is 11.4 Å². The third-order valence-electron chi connectivity index (χ3n) is 5.64. The van der Waals surface area contributed by atoms with Gasteiger partial charge in [0.1, 0.15) is 0 Å². The first-order valence-corrected chi connectivity index (χ1v) is 10.6. The largest absolute Gasteiger partial charge is 0.392 e. The van der Waals surface area contributed by atoms with E-state index in [1.54, 1.807) is 11.3 Å². The minimum Gasteiger partial charge on any atom is -0.392 e. The fourth-order valence-corrected chi connectivity index (χ4v) is 5.26. The Morgan fingerprint density at radius 1 is 1.22 bits per heavy atom. The Bertz CT molecular complexity index is 1010. The fraction of sp³-hybridized carbons (Fsp3) is 0.409. The standard InChI is InChI=1S/C22H26N2O2S/c1-15-6-4-5-12-24(15)13-11-23-18-10-9-16(14-25)22-20(18)21(26)17-7-2-3-8-19(17)27-22/h2-3,7-10,15,23,25H,4-6,11-14H2,1H3/t15-/m1/s1. The lowest BCUT2D eigenvalue weighted by molar-refractivity contribution is 0.167. The predicted molar refractivity (Wildman–Crippen MR) is 115 cm³/mol. The molecule has 1 aliphatic rings. The summed E-state index contributed by atoms with van der Waals surface area (Å²) < 4.78 is 1.85. The number of benzene rings is 2. The molecule has 0 radical (unpaired) electrons. The van der Waals surface area contributed by atoms with E-state index in [1.165, 1.54) is 19.3 Å². The summed E-state index contributed by atoms with van der Waals surface area (Å²) in [7, 11) is 0. The van der Waals surface area contributed by atoms with Crippen molar-refractivity contribution in [3.8, 4) is 0 Å². The van der Waals surface area contributed by atoms with E-state index < -0.39 is 0 Å². The summed E-state index contributed by atoms with van der Waals surface area (Å²) in [5.41, 5.74) is 1.73. The third-order valence-corrected chi connectivity index (χ3v) is 6.88. The molecule has 27 heavy (non-hydrogen) atoms. The number of likely N-dealkylation sites (tertiary alicyclic amines) is 1. The Morgan fingerprint density at radius 3 is 2.89 bits per heavy atom. The number of hydrogen-bond acceptors (Lipinski definition) is 5. The molecule has 2 aromatic carbocycles. The summed E-state index contributed by atoms with van der Waals surface area (Å²) in [5, 5.41) is 14.7. The van der Waals surface area contributed by atoms with Crippen molar-refractivity contribution >= 4 is 37.2 Å². The van der Waals surface area contributed by atoms with E-state index in [0.717, 1.165) is 45.7 Å². The van der Waals surface area contributed by atoms with Gasteiger partial charge in [0.05, 0.1) is 12.0 Å². The number of anilines is 1. The summed E-state index contributed by atoms with van der Waals surface area (Å²) in [4.78, 5) is 15.7. The molecule has 1 aromatic heterocycles. The second-order valence-corrected chi connectivity index (χ2v) is 8.42. The zero-order valence-corrected chi connectivity index (χ0v) is 16.5. The molecule has 4 nitrogen and oxygen atoms in total. The van der Waals surface area contributed by atoms with Crippen LogP contribution < -0.4 is 10.7 Å². The summed E-state index contributed by atoms with van der Waals surface area (Å²) in [6.07, 6.45) is 3.87. The summed E-state index contributed by atoms with van der Waals surface area (Å²) in [5.74, 6) is 0. The van der Waals surface area contributed by atoms with Crippen molar-refractivity contribution < 1.29 is 5.11 Å². The first kappa shape index (κ1) is 18.4. The maximum Gasteiger partial charge on any atom is 0.197 e. The highest BCUT2D eigenvalue weighted by Crippen LogP contribution is 2.32. The third kappa shape index (κ3) is 3.59. The van der Waals surface area contributed by atoms with Gasteiger partial charge in [-0.15, -0.1) is 11.3 Å². The van der Waals surface area contributed by atoms with Gasteiger partial charge in [-0.1, -0.05) is 24.6 Å². The van der Waals surface area contributed by atoms with E-state index in [2.05, 4.69) is 17.1 Å². The second-order valence-electron chi connectivity index (χ2n) is 7.37. The maximum atomic E-state index is 13.2. The van der Waals surface area contributed by atoms with Crippen LogP contribution in [0.4, 0.5) is 5.69 Å². The van der Waals surface area contributed by atoms with Crippen LogP contribution in [-0.2, 0) is 6.61 Å². The topological polar surface area (TPSA) is 52.6 Å². The number of nitrogens with one attached hydrogen (secondary N) is 1. The van der Waals surface area contributed by atoms with Gasteiger partial charge in [0.25, 0.3) is 0 Å². The first-order chi connectivity index (χ1) is 13.2. The van der Waals surface area contributed by atoms with E-state index in [1.807, 2.05) is 36.4 Å². The first-order valence-electron chi connectivity index (χ1n) is 9.75. The molecule has 1 saturated heterocycles. The van der Waals surface area contributed by atoms with Gasteiger partial charge in [-0.2, -0.15) is 0 Å². The highest BCUT2D eigenvalue weighted by Gasteiger charge is 2.18. The lowest BCUT2D eigenvalue weighted by atomic mass is 10.0. The van der Waals surface area contributed by atoms with Crippen LogP contribution in [-0.4, -0.2) is 35.7 Å². The second kappa shape index (κ2) is 7.97. The number of fused-ring (bicyclic) bond motifs is 2. The Morgan fingerprint density at radius 2 is 2.07 bits per heavy atom. The van der Waals surface area contributed by atoms with E-state index in [9.17, 15) is 9.90 Å². The number of rotatable bonds is 5. The van der Waals surface area contributed by atoms with Gasteiger partial charge in [0.15, 0.2) is 5.43 Å². The number of piperidine rings is 1. The van der Waals surface area contributed by atoms with Crippen molar-refractivity contribution in [2.24, 2.45) is 0 Å². The maximum absolute atomic E-state index is 13.2. The van der Waals surface area contributed by atoms with Crippen molar-refractivity contribution in [3.05, 3.63) is 52.2 Å². The number of nitrogens with zero attached hydrogens (tertiary/aromatic N) is 1. The van der Waals surface area contributed by atoms with Crippen LogP contribution in [0.2, 0.25) is 0 Å². The highest BCUT2D eigenvalue weighted by atomic mass is 32.1. The molecule has 0 unspecified atom stereocenters. The smallest absolute Gasteiger partial charge is 0.197 e. The molecule has 1 atom stereocenters. The van der Waals surface area contributed by atoms with Gasteiger partial charge < -0.3 is 10.4 Å². The molecule has 2 N–H and O–H groups in total. The van der Waals surface area contributed by atoms with E-state index >= 15 is 0 Å². The molecule has 0 amide bonds. The van der Waals surface area contributed by atoms with Gasteiger partial charge in [-0.3, -0.25) is 9.69 Å². The lowest BCUT2D eigenvalue weighted by Gasteiger charge is -2.33. The van der Waals surface area contributed by atoms with Crippen LogP contribution in [0.25, 0.3) is 20.2 Å². The number of hydrogen-bond donors (Lipinski definition) is 2. The predicted octanol–water partition coefficient (Wildman–Crippen LogP) is 4.19. The SMILES string of the molecule is C[C@@H]1CCCCN1CCNc1ccc(CO)c2sc3ccccc3c(=O)c12. The van der Waals surface area contributed by atoms with Gasteiger partial charge in [0, 0.05) is 39.6 Å². The number of aliphatic hydroxyl groups excluding tert-OH is 1. The van der Waals surface area contributed by atoms with Crippen LogP contribution in [0, 0.1) is 0 Å². The van der Waals surface area contributed by atoms with E-state index in [4.69, 9.17) is 0 Å². The summed E-state index contributed by atoms with van der Waals surface area (Å²) >= 11 is 1.58. The van der Waals surface area contributed by atoms with Gasteiger partial charge in [0.2, 0.25) is 0 Å². The molecule has 1 aliphatic heterocycles. The van der Waals surface area contributed by atoms with Gasteiger partial charge in [-0.05, 0) is 50.1 Å². The molecule has 0 spiro atoms. The van der Waals surface area contributed by atoms with Crippen molar-refractivity contribution in [1.29, 1.82) is 0 Å². The van der Waals surface area contributed by atoms with Crippen LogP contribution in [0.1, 0.15) is 31.7 Å². The minimum atomic E-state index is -0.0592. The quantitative estimate of drug-likeness (QED) is 0.650.